The van der Waals surface area contributed by atoms with E-state index in [0.29, 0.717) is 0 Å². The van der Waals surface area contributed by atoms with Gasteiger partial charge in [0.1, 0.15) is 0 Å². The summed E-state index contributed by atoms with van der Waals surface area (Å²) < 4.78 is 14.6. The number of phosphoric acid groups is 1. The summed E-state index contributed by atoms with van der Waals surface area (Å²) in [7, 11) is -4.75. The molecular formula is C10H23N2O5P. The number of rotatable bonds is 8. The minimum absolute atomic E-state index is 0.484. The summed E-state index contributed by atoms with van der Waals surface area (Å²) in [6.07, 6.45) is 2.18. The summed E-state index contributed by atoms with van der Waals surface area (Å²) in [5.41, 5.74) is 4.75. The van der Waals surface area contributed by atoms with E-state index in [2.05, 4.69) is 16.8 Å². The predicted molar refractivity (Wildman–Crippen MR) is 67.5 cm³/mol. The van der Waals surface area contributed by atoms with E-state index >= 15 is 0 Å². The van der Waals surface area contributed by atoms with Gasteiger partial charge in [-0.15, -0.1) is 0 Å². The summed E-state index contributed by atoms with van der Waals surface area (Å²) in [5.74, 6) is -0.736. The van der Waals surface area contributed by atoms with Crippen LogP contribution in [-0.4, -0.2) is 27.5 Å². The van der Waals surface area contributed by atoms with Gasteiger partial charge in [-0.05, 0) is 20.3 Å². The zero-order chi connectivity index (χ0) is 14.4. The molecule has 0 aromatic carbocycles. The van der Waals surface area contributed by atoms with Gasteiger partial charge in [0, 0.05) is 5.54 Å². The molecular weight excluding hydrogens is 259 g/mol. The van der Waals surface area contributed by atoms with Gasteiger partial charge in [-0.3, -0.25) is 15.1 Å². The Balaban J connectivity index is 4.24. The molecule has 0 saturated heterocycles. The van der Waals surface area contributed by atoms with Gasteiger partial charge >= 0.3 is 7.82 Å². The van der Waals surface area contributed by atoms with Crippen LogP contribution in [-0.2, 0) is 13.9 Å². The van der Waals surface area contributed by atoms with Gasteiger partial charge in [0.05, 0.1) is 0 Å². The molecule has 1 unspecified atom stereocenters. The maximum Gasteiger partial charge on any atom is 0.471 e. The van der Waals surface area contributed by atoms with Crippen LogP contribution in [0.15, 0.2) is 0 Å². The van der Waals surface area contributed by atoms with E-state index in [-0.39, 0.29) is 0 Å². The van der Waals surface area contributed by atoms with Crippen LogP contribution in [0, 0.1) is 0 Å². The van der Waals surface area contributed by atoms with Gasteiger partial charge in [0.25, 0.3) is 5.91 Å². The molecule has 0 aliphatic heterocycles. The molecule has 0 aromatic heterocycles. The lowest BCUT2D eigenvalue weighted by molar-refractivity contribution is -0.130. The van der Waals surface area contributed by atoms with Crippen molar-refractivity contribution in [1.29, 1.82) is 0 Å². The Morgan fingerprint density at radius 3 is 2.44 bits per heavy atom. The first-order valence-corrected chi connectivity index (χ1v) is 7.42. The highest BCUT2D eigenvalue weighted by atomic mass is 31.2. The number of unbranched alkanes of at least 4 members (excludes halogenated alkanes) is 2. The molecule has 5 N–H and O–H groups in total. The van der Waals surface area contributed by atoms with Crippen LogP contribution in [0.5, 0.6) is 0 Å². The van der Waals surface area contributed by atoms with Crippen LogP contribution in [0.4, 0.5) is 0 Å². The van der Waals surface area contributed by atoms with Crippen molar-refractivity contribution in [2.45, 2.75) is 58.2 Å². The summed E-state index contributed by atoms with van der Waals surface area (Å²) in [6, 6.07) is 0. The van der Waals surface area contributed by atoms with Gasteiger partial charge < -0.3 is 15.1 Å². The van der Waals surface area contributed by atoms with Crippen molar-refractivity contribution in [1.82, 2.24) is 5.32 Å². The fourth-order valence-electron chi connectivity index (χ4n) is 1.48. The third-order valence-corrected chi connectivity index (χ3v) is 2.88. The van der Waals surface area contributed by atoms with Gasteiger partial charge in [0.2, 0.25) is 0 Å². The normalized spacial score (nSPS) is 14.3. The highest BCUT2D eigenvalue weighted by Gasteiger charge is 2.28. The fraction of sp³-hybridized carbons (Fsp3) is 0.900. The smallest absolute Gasteiger partial charge is 0.348 e. The molecule has 0 rings (SSSR count). The fourth-order valence-corrected chi connectivity index (χ4v) is 1.87. The van der Waals surface area contributed by atoms with Crippen LogP contribution in [0.3, 0.4) is 0 Å². The Hall–Kier alpha value is -0.460. The van der Waals surface area contributed by atoms with E-state index < -0.39 is 25.5 Å². The molecule has 7 nitrogen and oxygen atoms in total. The Morgan fingerprint density at radius 1 is 1.44 bits per heavy atom. The molecule has 0 aliphatic rings. The molecule has 0 radical (unpaired) electrons. The molecule has 1 amide bonds. The topological polar surface area (TPSA) is 122 Å². The van der Waals surface area contributed by atoms with Crippen molar-refractivity contribution >= 4 is 13.7 Å². The number of phosphoric ester groups is 1. The first-order chi connectivity index (χ1) is 8.07. The average Bonchev–Trinajstić information content (AvgIpc) is 2.14. The third kappa shape index (κ3) is 8.60. The Labute approximate surface area is 107 Å². The second-order valence-corrected chi connectivity index (χ2v) is 6.04. The SMILES string of the molecule is CCCCCC(C)(C)NC(=O)C(N)OP(=O)(O)O. The minimum atomic E-state index is -4.75. The molecule has 1 atom stereocenters. The zero-order valence-corrected chi connectivity index (χ0v) is 11.9. The molecule has 0 bridgehead atoms. The van der Waals surface area contributed by atoms with Crippen molar-refractivity contribution in [2.24, 2.45) is 5.73 Å². The Morgan fingerprint density at radius 2 is 2.00 bits per heavy atom. The first kappa shape index (κ1) is 17.5. The lowest BCUT2D eigenvalue weighted by Crippen LogP contribution is -2.51. The standard InChI is InChI=1S/C10H23N2O5P/c1-4-5-6-7-10(2,3)12-9(13)8(11)17-18(14,15)16/h8H,4-7,11H2,1-3H3,(H,12,13)(H2,14,15,16). The molecule has 0 aromatic rings. The number of carbonyl (C=O) groups excluding carboxylic acids is 1. The third-order valence-electron chi connectivity index (χ3n) is 2.38. The van der Waals surface area contributed by atoms with Crippen molar-refractivity contribution in [3.05, 3.63) is 0 Å². The molecule has 0 fully saturated rings. The van der Waals surface area contributed by atoms with Crippen molar-refractivity contribution in [2.75, 3.05) is 0 Å². The van der Waals surface area contributed by atoms with E-state index in [4.69, 9.17) is 15.5 Å². The van der Waals surface area contributed by atoms with Crippen LogP contribution in [0.2, 0.25) is 0 Å². The Kier molecular flexibility index (Phi) is 7.02. The van der Waals surface area contributed by atoms with E-state index in [0.717, 1.165) is 25.7 Å². The number of hydrogen-bond acceptors (Lipinski definition) is 4. The molecule has 0 saturated carbocycles. The van der Waals surface area contributed by atoms with E-state index in [1.54, 1.807) is 0 Å². The van der Waals surface area contributed by atoms with Crippen molar-refractivity contribution in [3.8, 4) is 0 Å². The zero-order valence-electron chi connectivity index (χ0n) is 11.0. The van der Waals surface area contributed by atoms with E-state index in [1.165, 1.54) is 0 Å². The first-order valence-electron chi connectivity index (χ1n) is 5.89. The number of carbonyl (C=O) groups is 1. The highest BCUT2D eigenvalue weighted by Crippen LogP contribution is 2.36. The molecule has 18 heavy (non-hydrogen) atoms. The summed E-state index contributed by atoms with van der Waals surface area (Å²) in [6.45, 7) is 5.73. The molecule has 0 aliphatic carbocycles. The summed E-state index contributed by atoms with van der Waals surface area (Å²) in [5, 5.41) is 2.61. The van der Waals surface area contributed by atoms with Crippen molar-refractivity contribution < 1.29 is 23.7 Å². The molecule has 0 spiro atoms. The van der Waals surface area contributed by atoms with Gasteiger partial charge in [-0.2, -0.15) is 0 Å². The van der Waals surface area contributed by atoms with E-state index in [1.807, 2.05) is 13.8 Å². The lowest BCUT2D eigenvalue weighted by Gasteiger charge is -2.27. The average molecular weight is 282 g/mol. The number of amides is 1. The predicted octanol–water partition coefficient (Wildman–Crippen LogP) is 0.856. The number of nitrogens with one attached hydrogen (secondary N) is 1. The second kappa shape index (κ2) is 7.21. The molecule has 8 heteroatoms. The quantitative estimate of drug-likeness (QED) is 0.297. The van der Waals surface area contributed by atoms with Crippen LogP contribution in [0.25, 0.3) is 0 Å². The summed E-state index contributed by atoms with van der Waals surface area (Å²) >= 11 is 0. The molecule has 0 heterocycles. The van der Waals surface area contributed by atoms with Crippen molar-refractivity contribution in [3.63, 3.8) is 0 Å². The number of hydrogen-bond donors (Lipinski definition) is 4. The van der Waals surface area contributed by atoms with E-state index in [9.17, 15) is 9.36 Å². The summed E-state index contributed by atoms with van der Waals surface area (Å²) in [4.78, 5) is 28.6. The van der Waals surface area contributed by atoms with Gasteiger partial charge in [0.15, 0.2) is 6.23 Å². The maximum absolute atomic E-state index is 11.6. The van der Waals surface area contributed by atoms with Crippen LogP contribution >= 0.6 is 7.82 Å². The van der Waals surface area contributed by atoms with Gasteiger partial charge in [-0.25, -0.2) is 4.57 Å². The van der Waals surface area contributed by atoms with Crippen LogP contribution < -0.4 is 11.1 Å². The Bertz CT molecular complexity index is 315. The lowest BCUT2D eigenvalue weighted by atomic mass is 9.96. The van der Waals surface area contributed by atoms with Gasteiger partial charge in [-0.1, -0.05) is 26.2 Å². The highest BCUT2D eigenvalue weighted by molar-refractivity contribution is 7.46. The monoisotopic (exact) mass is 282 g/mol. The maximum atomic E-state index is 11.6. The van der Waals surface area contributed by atoms with Crippen LogP contribution in [0.1, 0.15) is 46.5 Å². The molecule has 108 valence electrons. The second-order valence-electron chi connectivity index (χ2n) is 4.85. The largest absolute Gasteiger partial charge is 0.471 e. The minimum Gasteiger partial charge on any atom is -0.348 e. The number of nitrogens with two attached hydrogens (primary N) is 1.